The van der Waals surface area contributed by atoms with Gasteiger partial charge in [0, 0.05) is 17.8 Å². The summed E-state index contributed by atoms with van der Waals surface area (Å²) in [5.41, 5.74) is 7.53. The minimum absolute atomic E-state index is 0.262. The Labute approximate surface area is 142 Å². The molecule has 0 bridgehead atoms. The molecule has 0 saturated carbocycles. The third kappa shape index (κ3) is 2.53. The highest BCUT2D eigenvalue weighted by molar-refractivity contribution is 5.59. The number of allylic oxidation sites excluding steroid dienone is 11. The smallest absolute Gasteiger partial charge is 0.0160 e. The van der Waals surface area contributed by atoms with Gasteiger partial charge in [-0.05, 0) is 35.5 Å². The Balaban J connectivity index is 2.07. The van der Waals surface area contributed by atoms with E-state index in [1.807, 2.05) is 0 Å². The van der Waals surface area contributed by atoms with Crippen LogP contribution in [-0.2, 0) is 0 Å². The van der Waals surface area contributed by atoms with Gasteiger partial charge in [-0.25, -0.2) is 0 Å². The van der Waals surface area contributed by atoms with Gasteiger partial charge in [0.15, 0.2) is 0 Å². The van der Waals surface area contributed by atoms with Crippen LogP contribution >= 0.6 is 0 Å². The van der Waals surface area contributed by atoms with Crippen molar-refractivity contribution < 1.29 is 0 Å². The van der Waals surface area contributed by atoms with E-state index in [0.717, 1.165) is 6.42 Å². The summed E-state index contributed by atoms with van der Waals surface area (Å²) in [7, 11) is 0. The van der Waals surface area contributed by atoms with Gasteiger partial charge in [-0.3, -0.25) is 0 Å². The van der Waals surface area contributed by atoms with Crippen molar-refractivity contribution in [1.82, 2.24) is 0 Å². The number of hydrogen-bond acceptors (Lipinski definition) is 0. The summed E-state index contributed by atoms with van der Waals surface area (Å²) >= 11 is 0. The lowest BCUT2D eigenvalue weighted by molar-refractivity contribution is 0.278. The van der Waals surface area contributed by atoms with E-state index in [-0.39, 0.29) is 5.41 Å². The SMILES string of the molecule is C=C1C2=C(C=CC3C(C)=CC=C(CC)C23)C=CC1C(C)(C)CC. The van der Waals surface area contributed by atoms with E-state index in [1.54, 1.807) is 5.57 Å². The first-order chi connectivity index (χ1) is 10.9. The lowest BCUT2D eigenvalue weighted by Crippen LogP contribution is -2.32. The molecule has 23 heavy (non-hydrogen) atoms. The van der Waals surface area contributed by atoms with Gasteiger partial charge >= 0.3 is 0 Å². The molecule has 0 heteroatoms. The highest BCUT2D eigenvalue weighted by atomic mass is 14.4. The predicted molar refractivity (Wildman–Crippen MR) is 101 cm³/mol. The zero-order valence-corrected chi connectivity index (χ0v) is 15.3. The standard InChI is InChI=1S/C23H30/c1-7-17-10-9-15(3)19-13-11-18-12-14-20(23(5,6)8-2)16(4)21(18)22(17)19/h9-14,19-20,22H,4,7-8H2,1-3,5-6H3. The average Bonchev–Trinajstić information content (AvgIpc) is 2.55. The van der Waals surface area contributed by atoms with E-state index >= 15 is 0 Å². The molecule has 0 nitrogen and oxygen atoms in total. The Hall–Kier alpha value is -1.56. The predicted octanol–water partition coefficient (Wildman–Crippen LogP) is 6.56. The van der Waals surface area contributed by atoms with Crippen molar-refractivity contribution in [2.45, 2.75) is 47.5 Å². The largest absolute Gasteiger partial charge is 0.0949 e. The van der Waals surface area contributed by atoms with Gasteiger partial charge in [0.1, 0.15) is 0 Å². The van der Waals surface area contributed by atoms with Gasteiger partial charge in [-0.1, -0.05) is 88.3 Å². The number of fused-ring (bicyclic) bond motifs is 2. The Kier molecular flexibility index (Phi) is 4.12. The number of hydrogen-bond donors (Lipinski definition) is 0. The first kappa shape index (κ1) is 16.3. The fourth-order valence-electron chi connectivity index (χ4n) is 4.36. The molecular weight excluding hydrogens is 276 g/mol. The Bertz CT molecular complexity index is 673. The number of rotatable bonds is 3. The molecule has 0 saturated heterocycles. The summed E-state index contributed by atoms with van der Waals surface area (Å²) in [4.78, 5) is 0. The molecule has 3 unspecified atom stereocenters. The average molecular weight is 306 g/mol. The zero-order valence-electron chi connectivity index (χ0n) is 15.3. The first-order valence-corrected chi connectivity index (χ1v) is 9.07. The molecule has 0 spiro atoms. The molecule has 0 fully saturated rings. The van der Waals surface area contributed by atoms with Crippen LogP contribution in [0.2, 0.25) is 0 Å². The molecule has 3 rings (SSSR count). The van der Waals surface area contributed by atoms with Crippen molar-refractivity contribution in [2.24, 2.45) is 23.2 Å². The second-order valence-corrected chi connectivity index (χ2v) is 7.94. The summed E-state index contributed by atoms with van der Waals surface area (Å²) in [6, 6.07) is 0. The summed E-state index contributed by atoms with van der Waals surface area (Å²) in [5.74, 6) is 1.46. The highest BCUT2D eigenvalue weighted by Crippen LogP contribution is 2.51. The van der Waals surface area contributed by atoms with E-state index < -0.39 is 0 Å². The quantitative estimate of drug-likeness (QED) is 0.554. The summed E-state index contributed by atoms with van der Waals surface area (Å²) in [6.45, 7) is 16.2. The molecule has 0 aromatic heterocycles. The first-order valence-electron chi connectivity index (χ1n) is 9.07. The summed E-state index contributed by atoms with van der Waals surface area (Å²) in [6.07, 6.45) is 16.4. The molecule has 3 aliphatic carbocycles. The molecule has 0 N–H and O–H groups in total. The van der Waals surface area contributed by atoms with Crippen LogP contribution in [0.15, 0.2) is 70.9 Å². The molecule has 0 aromatic rings. The van der Waals surface area contributed by atoms with Crippen LogP contribution in [-0.4, -0.2) is 0 Å². The van der Waals surface area contributed by atoms with Gasteiger partial charge < -0.3 is 0 Å². The molecule has 0 aromatic carbocycles. The van der Waals surface area contributed by atoms with E-state index in [0.29, 0.717) is 17.8 Å². The maximum atomic E-state index is 4.59. The van der Waals surface area contributed by atoms with Gasteiger partial charge in [0.2, 0.25) is 0 Å². The van der Waals surface area contributed by atoms with Crippen LogP contribution in [0, 0.1) is 23.2 Å². The van der Waals surface area contributed by atoms with E-state index in [4.69, 9.17) is 0 Å². The van der Waals surface area contributed by atoms with E-state index in [2.05, 4.69) is 77.7 Å². The lowest BCUT2D eigenvalue weighted by Gasteiger charge is -2.43. The van der Waals surface area contributed by atoms with Gasteiger partial charge in [-0.2, -0.15) is 0 Å². The third-order valence-corrected chi connectivity index (χ3v) is 6.30. The fraction of sp³-hybridized carbons (Fsp3) is 0.478. The van der Waals surface area contributed by atoms with Crippen LogP contribution in [0.5, 0.6) is 0 Å². The van der Waals surface area contributed by atoms with Crippen molar-refractivity contribution in [3.8, 4) is 0 Å². The molecule has 0 radical (unpaired) electrons. The third-order valence-electron chi connectivity index (χ3n) is 6.30. The molecule has 122 valence electrons. The van der Waals surface area contributed by atoms with Crippen LogP contribution in [0.1, 0.15) is 47.5 Å². The molecular formula is C23H30. The molecule has 0 heterocycles. The Morgan fingerprint density at radius 3 is 2.43 bits per heavy atom. The molecule has 0 aliphatic heterocycles. The van der Waals surface area contributed by atoms with Crippen LogP contribution < -0.4 is 0 Å². The van der Waals surface area contributed by atoms with Crippen molar-refractivity contribution in [3.05, 3.63) is 70.9 Å². The maximum absolute atomic E-state index is 4.59. The Morgan fingerprint density at radius 1 is 1.09 bits per heavy atom. The maximum Gasteiger partial charge on any atom is 0.0160 e. The van der Waals surface area contributed by atoms with Gasteiger partial charge in [-0.15, -0.1) is 0 Å². The van der Waals surface area contributed by atoms with E-state index in [1.165, 1.54) is 28.7 Å². The van der Waals surface area contributed by atoms with Crippen LogP contribution in [0.3, 0.4) is 0 Å². The van der Waals surface area contributed by atoms with Gasteiger partial charge in [0.05, 0.1) is 0 Å². The highest BCUT2D eigenvalue weighted by Gasteiger charge is 2.39. The molecule has 0 amide bonds. The fourth-order valence-corrected chi connectivity index (χ4v) is 4.36. The van der Waals surface area contributed by atoms with E-state index in [9.17, 15) is 0 Å². The van der Waals surface area contributed by atoms with Crippen LogP contribution in [0.4, 0.5) is 0 Å². The monoisotopic (exact) mass is 306 g/mol. The van der Waals surface area contributed by atoms with Gasteiger partial charge in [0.25, 0.3) is 0 Å². The minimum atomic E-state index is 0.262. The molecule has 3 aliphatic rings. The second-order valence-electron chi connectivity index (χ2n) is 7.94. The summed E-state index contributed by atoms with van der Waals surface area (Å²) < 4.78 is 0. The van der Waals surface area contributed by atoms with Crippen molar-refractivity contribution in [3.63, 3.8) is 0 Å². The van der Waals surface area contributed by atoms with Crippen LogP contribution in [0.25, 0.3) is 0 Å². The second kappa shape index (κ2) is 5.82. The zero-order chi connectivity index (χ0) is 16.8. The topological polar surface area (TPSA) is 0 Å². The minimum Gasteiger partial charge on any atom is -0.0949 e. The molecule has 3 atom stereocenters. The van der Waals surface area contributed by atoms with Crippen molar-refractivity contribution >= 4 is 0 Å². The Morgan fingerprint density at radius 2 is 1.78 bits per heavy atom. The summed E-state index contributed by atoms with van der Waals surface area (Å²) in [5, 5.41) is 0. The normalized spacial score (nSPS) is 30.0. The van der Waals surface area contributed by atoms with Crippen molar-refractivity contribution in [1.29, 1.82) is 0 Å². The van der Waals surface area contributed by atoms with Crippen molar-refractivity contribution in [2.75, 3.05) is 0 Å². The lowest BCUT2D eigenvalue weighted by atomic mass is 9.61.